The molecule has 0 saturated carbocycles. The summed E-state index contributed by atoms with van der Waals surface area (Å²) >= 11 is 3.07. The van der Waals surface area contributed by atoms with Crippen LogP contribution in [0.25, 0.3) is 0 Å². The number of carbonyl (C=O) groups is 1. The Morgan fingerprint density at radius 2 is 2.00 bits per heavy atom. The summed E-state index contributed by atoms with van der Waals surface area (Å²) in [7, 11) is 1.64. The van der Waals surface area contributed by atoms with E-state index in [4.69, 9.17) is 4.74 Å². The first-order valence-corrected chi connectivity index (χ1v) is 7.19. The third-order valence-corrected chi connectivity index (χ3v) is 3.54. The van der Waals surface area contributed by atoms with Crippen LogP contribution in [0.3, 0.4) is 0 Å². The summed E-state index contributed by atoms with van der Waals surface area (Å²) in [6.45, 7) is 0.943. The van der Waals surface area contributed by atoms with Crippen molar-refractivity contribution in [3.8, 4) is 0 Å². The molecule has 0 unspecified atom stereocenters. The molecule has 21 heavy (non-hydrogen) atoms. The number of methoxy groups -OCH3 is 1. The predicted octanol–water partition coefficient (Wildman–Crippen LogP) is 3.66. The number of hydrogen-bond donors (Lipinski definition) is 1. The first-order chi connectivity index (χ1) is 10.1. The van der Waals surface area contributed by atoms with Gasteiger partial charge in [-0.05, 0) is 45.3 Å². The van der Waals surface area contributed by atoms with Crippen LogP contribution in [0.2, 0.25) is 0 Å². The van der Waals surface area contributed by atoms with Gasteiger partial charge in [0.2, 0.25) is 0 Å². The highest BCUT2D eigenvalue weighted by atomic mass is 79.9. The van der Waals surface area contributed by atoms with Gasteiger partial charge in [-0.15, -0.1) is 0 Å². The predicted molar refractivity (Wildman–Crippen MR) is 82.4 cm³/mol. The fraction of sp³-hybridized carbons (Fsp3) is 0.188. The molecule has 2 aromatic carbocycles. The lowest BCUT2D eigenvalue weighted by Crippen LogP contribution is -2.22. The lowest BCUT2D eigenvalue weighted by Gasteiger charge is -2.08. The molecule has 3 nitrogen and oxygen atoms in total. The molecular formula is C16H15BrFNO2. The Morgan fingerprint density at radius 1 is 1.24 bits per heavy atom. The van der Waals surface area contributed by atoms with Crippen LogP contribution in [0.1, 0.15) is 21.5 Å². The van der Waals surface area contributed by atoms with Crippen LogP contribution in [-0.2, 0) is 17.9 Å². The van der Waals surface area contributed by atoms with E-state index in [2.05, 4.69) is 21.2 Å². The number of carbonyl (C=O) groups excluding carboxylic acids is 1. The number of hydrogen-bond acceptors (Lipinski definition) is 2. The summed E-state index contributed by atoms with van der Waals surface area (Å²) in [5.74, 6) is -0.633. The van der Waals surface area contributed by atoms with E-state index in [1.54, 1.807) is 7.11 Å². The van der Waals surface area contributed by atoms with Gasteiger partial charge in [0.15, 0.2) is 0 Å². The van der Waals surface area contributed by atoms with Gasteiger partial charge in [-0.25, -0.2) is 4.39 Å². The van der Waals surface area contributed by atoms with E-state index >= 15 is 0 Å². The molecule has 5 heteroatoms. The molecule has 0 aliphatic carbocycles. The van der Waals surface area contributed by atoms with Crippen LogP contribution in [-0.4, -0.2) is 13.0 Å². The van der Waals surface area contributed by atoms with Crippen molar-refractivity contribution >= 4 is 21.8 Å². The van der Waals surface area contributed by atoms with Crippen molar-refractivity contribution in [2.75, 3.05) is 7.11 Å². The molecule has 0 fully saturated rings. The highest BCUT2D eigenvalue weighted by Gasteiger charge is 2.08. The molecule has 1 amide bonds. The van der Waals surface area contributed by atoms with Gasteiger partial charge in [-0.3, -0.25) is 4.79 Å². The third-order valence-electron chi connectivity index (χ3n) is 2.94. The fourth-order valence-electron chi connectivity index (χ4n) is 1.92. The molecule has 0 aliphatic rings. The minimum atomic E-state index is -0.390. The van der Waals surface area contributed by atoms with Crippen molar-refractivity contribution in [2.45, 2.75) is 13.2 Å². The Morgan fingerprint density at radius 3 is 2.71 bits per heavy atom. The molecule has 0 aliphatic heterocycles. The van der Waals surface area contributed by atoms with Gasteiger partial charge in [0.05, 0.1) is 11.1 Å². The van der Waals surface area contributed by atoms with Gasteiger partial charge >= 0.3 is 0 Å². The number of halogens is 2. The van der Waals surface area contributed by atoms with Crippen LogP contribution >= 0.6 is 15.9 Å². The average molecular weight is 352 g/mol. The zero-order valence-corrected chi connectivity index (χ0v) is 13.1. The first-order valence-electron chi connectivity index (χ1n) is 6.40. The molecule has 0 aromatic heterocycles. The minimum absolute atomic E-state index is 0.243. The quantitative estimate of drug-likeness (QED) is 0.892. The van der Waals surface area contributed by atoms with Crippen molar-refractivity contribution in [3.63, 3.8) is 0 Å². The normalized spacial score (nSPS) is 10.4. The number of amides is 1. The second-order valence-corrected chi connectivity index (χ2v) is 5.42. The minimum Gasteiger partial charge on any atom is -0.380 e. The summed E-state index contributed by atoms with van der Waals surface area (Å²) in [5.41, 5.74) is 2.45. The molecule has 0 radical (unpaired) electrons. The van der Waals surface area contributed by atoms with Crippen LogP contribution < -0.4 is 5.32 Å². The zero-order valence-electron chi connectivity index (χ0n) is 11.5. The molecule has 2 aromatic rings. The number of ether oxygens (including phenoxy) is 1. The molecule has 0 atom stereocenters. The van der Waals surface area contributed by atoms with Gasteiger partial charge in [0, 0.05) is 19.2 Å². The summed E-state index contributed by atoms with van der Waals surface area (Å²) in [6.07, 6.45) is 0. The smallest absolute Gasteiger partial charge is 0.251 e. The van der Waals surface area contributed by atoms with Gasteiger partial charge in [-0.2, -0.15) is 0 Å². The van der Waals surface area contributed by atoms with Crippen LogP contribution in [0.4, 0.5) is 4.39 Å². The Hall–Kier alpha value is -1.72. The van der Waals surface area contributed by atoms with Gasteiger partial charge in [0.1, 0.15) is 5.82 Å². The van der Waals surface area contributed by atoms with Crippen LogP contribution in [0, 0.1) is 5.82 Å². The number of nitrogens with one attached hydrogen (secondary N) is 1. The van der Waals surface area contributed by atoms with Crippen molar-refractivity contribution in [1.29, 1.82) is 0 Å². The first kappa shape index (κ1) is 15.7. The molecule has 0 heterocycles. The third kappa shape index (κ3) is 4.37. The Kier molecular flexibility index (Phi) is 5.47. The van der Waals surface area contributed by atoms with Crippen molar-refractivity contribution in [1.82, 2.24) is 5.32 Å². The SMILES string of the molecule is COCc1cccc(CNC(=O)c2ccc(F)c(Br)c2)c1. The number of benzene rings is 2. The highest BCUT2D eigenvalue weighted by molar-refractivity contribution is 9.10. The molecule has 2 rings (SSSR count). The molecule has 110 valence electrons. The largest absolute Gasteiger partial charge is 0.380 e. The maximum atomic E-state index is 13.1. The van der Waals surface area contributed by atoms with Crippen molar-refractivity contribution in [3.05, 3.63) is 69.4 Å². The van der Waals surface area contributed by atoms with Crippen molar-refractivity contribution < 1.29 is 13.9 Å². The van der Waals surface area contributed by atoms with E-state index < -0.39 is 0 Å². The van der Waals surface area contributed by atoms with E-state index in [0.717, 1.165) is 11.1 Å². The van der Waals surface area contributed by atoms with E-state index in [1.165, 1.54) is 18.2 Å². The van der Waals surface area contributed by atoms with Crippen LogP contribution in [0.15, 0.2) is 46.9 Å². The molecule has 0 spiro atoms. The van der Waals surface area contributed by atoms with Crippen LogP contribution in [0.5, 0.6) is 0 Å². The molecular weight excluding hydrogens is 337 g/mol. The second kappa shape index (κ2) is 7.33. The summed E-state index contributed by atoms with van der Waals surface area (Å²) in [6, 6.07) is 12.0. The summed E-state index contributed by atoms with van der Waals surface area (Å²) in [4.78, 5) is 12.0. The zero-order chi connectivity index (χ0) is 15.2. The van der Waals surface area contributed by atoms with E-state index in [0.29, 0.717) is 18.7 Å². The maximum Gasteiger partial charge on any atom is 0.251 e. The fourth-order valence-corrected chi connectivity index (χ4v) is 2.30. The van der Waals surface area contributed by atoms with Crippen molar-refractivity contribution in [2.24, 2.45) is 0 Å². The summed E-state index contributed by atoms with van der Waals surface area (Å²) in [5, 5.41) is 2.81. The van der Waals surface area contributed by atoms with Gasteiger partial charge in [0.25, 0.3) is 5.91 Å². The Balaban J connectivity index is 2.00. The molecule has 0 saturated heterocycles. The topological polar surface area (TPSA) is 38.3 Å². The molecule has 0 bridgehead atoms. The molecule has 1 N–H and O–H groups in total. The Bertz CT molecular complexity index is 646. The van der Waals surface area contributed by atoms with E-state index in [1.807, 2.05) is 24.3 Å². The van der Waals surface area contributed by atoms with Gasteiger partial charge in [-0.1, -0.05) is 24.3 Å². The lowest BCUT2D eigenvalue weighted by molar-refractivity contribution is 0.0951. The average Bonchev–Trinajstić information content (AvgIpc) is 2.48. The van der Waals surface area contributed by atoms with E-state index in [9.17, 15) is 9.18 Å². The number of rotatable bonds is 5. The summed E-state index contributed by atoms with van der Waals surface area (Å²) < 4.78 is 18.5. The maximum absolute atomic E-state index is 13.1. The van der Waals surface area contributed by atoms with E-state index in [-0.39, 0.29) is 16.2 Å². The highest BCUT2D eigenvalue weighted by Crippen LogP contribution is 2.17. The second-order valence-electron chi connectivity index (χ2n) is 4.56. The van der Waals surface area contributed by atoms with Gasteiger partial charge < -0.3 is 10.1 Å². The Labute approximate surface area is 131 Å². The monoisotopic (exact) mass is 351 g/mol. The standard InChI is InChI=1S/C16H15BrFNO2/c1-21-10-12-4-2-3-11(7-12)9-19-16(20)13-5-6-15(18)14(17)8-13/h2-8H,9-10H2,1H3,(H,19,20). The lowest BCUT2D eigenvalue weighted by atomic mass is 10.1.